The Balaban J connectivity index is 1.87. The second kappa shape index (κ2) is 9.00. The molecule has 0 spiro atoms. The molecule has 1 aromatic heterocycles. The third-order valence-electron chi connectivity index (χ3n) is 4.11. The fraction of sp³-hybridized carbons (Fsp3) is 0.238. The van der Waals surface area contributed by atoms with Crippen LogP contribution in [0.5, 0.6) is 5.75 Å². The van der Waals surface area contributed by atoms with E-state index >= 15 is 0 Å². The number of carboxylic acids is 1. The maximum atomic E-state index is 11.1. The number of benzene rings is 2. The van der Waals surface area contributed by atoms with Gasteiger partial charge < -0.3 is 14.6 Å². The zero-order valence-corrected chi connectivity index (χ0v) is 15.2. The van der Waals surface area contributed by atoms with Crippen LogP contribution in [-0.4, -0.2) is 34.6 Å². The summed E-state index contributed by atoms with van der Waals surface area (Å²) in [5, 5.41) is 13.4. The van der Waals surface area contributed by atoms with Gasteiger partial charge in [-0.05, 0) is 23.3 Å². The average molecular weight is 366 g/mol. The molecule has 27 heavy (non-hydrogen) atoms. The second-order valence-electron chi connectivity index (χ2n) is 6.16. The lowest BCUT2D eigenvalue weighted by atomic mass is 10.0. The van der Waals surface area contributed by atoms with Gasteiger partial charge in [-0.15, -0.1) is 0 Å². The first-order valence-corrected chi connectivity index (χ1v) is 8.69. The molecule has 0 atom stereocenters. The smallest absolute Gasteiger partial charge is 0.307 e. The van der Waals surface area contributed by atoms with E-state index in [-0.39, 0.29) is 6.42 Å². The maximum absolute atomic E-state index is 11.1. The van der Waals surface area contributed by atoms with Crippen LogP contribution >= 0.6 is 0 Å². The summed E-state index contributed by atoms with van der Waals surface area (Å²) < 4.78 is 12.9. The second-order valence-corrected chi connectivity index (χ2v) is 6.16. The van der Waals surface area contributed by atoms with Gasteiger partial charge in [0.25, 0.3) is 0 Å². The number of carbonyl (C=O) groups is 1. The summed E-state index contributed by atoms with van der Waals surface area (Å²) in [6, 6.07) is 15.4. The summed E-state index contributed by atoms with van der Waals surface area (Å²) in [5.41, 5.74) is 3.48. The van der Waals surface area contributed by atoms with E-state index in [0.717, 1.165) is 16.7 Å². The number of methoxy groups -OCH3 is 1. The number of aliphatic carboxylic acids is 1. The van der Waals surface area contributed by atoms with Crippen molar-refractivity contribution in [2.75, 3.05) is 13.7 Å². The van der Waals surface area contributed by atoms with E-state index in [2.05, 4.69) is 5.10 Å². The summed E-state index contributed by atoms with van der Waals surface area (Å²) in [6.07, 6.45) is 3.63. The molecule has 6 nitrogen and oxygen atoms in total. The Hall–Kier alpha value is -3.12. The normalized spacial score (nSPS) is 10.7. The molecular weight excluding hydrogens is 344 g/mol. The van der Waals surface area contributed by atoms with Crippen LogP contribution in [0.15, 0.2) is 60.9 Å². The first-order chi connectivity index (χ1) is 13.2. The van der Waals surface area contributed by atoms with Crippen molar-refractivity contribution in [1.29, 1.82) is 0 Å². The van der Waals surface area contributed by atoms with Crippen molar-refractivity contribution >= 4 is 5.97 Å². The van der Waals surface area contributed by atoms with E-state index in [1.807, 2.05) is 48.7 Å². The lowest BCUT2D eigenvalue weighted by molar-refractivity contribution is -0.136. The first kappa shape index (κ1) is 18.7. The van der Waals surface area contributed by atoms with E-state index in [1.165, 1.54) is 0 Å². The quantitative estimate of drug-likeness (QED) is 0.628. The molecule has 1 heterocycles. The van der Waals surface area contributed by atoms with E-state index in [0.29, 0.717) is 31.1 Å². The predicted molar refractivity (Wildman–Crippen MR) is 102 cm³/mol. The summed E-state index contributed by atoms with van der Waals surface area (Å²) in [7, 11) is 1.65. The van der Waals surface area contributed by atoms with E-state index in [9.17, 15) is 4.79 Å². The molecule has 0 saturated heterocycles. The summed E-state index contributed by atoms with van der Waals surface area (Å²) in [6.45, 7) is 1.65. The number of hydrogen-bond acceptors (Lipinski definition) is 4. The molecule has 1 N–H and O–H groups in total. The third kappa shape index (κ3) is 5.18. The Kier molecular flexibility index (Phi) is 6.22. The molecular formula is C21H22N2O4. The molecule has 0 aliphatic rings. The molecule has 0 radical (unpaired) electrons. The Morgan fingerprint density at radius 2 is 1.96 bits per heavy atom. The van der Waals surface area contributed by atoms with Crippen LogP contribution < -0.4 is 4.74 Å². The minimum Gasteiger partial charge on any atom is -0.488 e. The monoisotopic (exact) mass is 366 g/mol. The van der Waals surface area contributed by atoms with Crippen molar-refractivity contribution in [3.05, 3.63) is 72.1 Å². The van der Waals surface area contributed by atoms with Crippen LogP contribution in [-0.2, 0) is 29.1 Å². The molecule has 0 bridgehead atoms. The largest absolute Gasteiger partial charge is 0.488 e. The first-order valence-electron chi connectivity index (χ1n) is 8.69. The maximum Gasteiger partial charge on any atom is 0.307 e. The number of hydrogen-bond donors (Lipinski definition) is 1. The molecule has 2 aromatic carbocycles. The van der Waals surface area contributed by atoms with Gasteiger partial charge in [0, 0.05) is 24.4 Å². The lowest BCUT2D eigenvalue weighted by Gasteiger charge is -2.12. The van der Waals surface area contributed by atoms with Gasteiger partial charge >= 0.3 is 5.97 Å². The average Bonchev–Trinajstić information content (AvgIpc) is 3.14. The standard InChI is InChI=1S/C21H22N2O4/c1-26-10-9-23-14-18(13-22-23)19-11-17(12-21(24)25)7-8-20(19)27-15-16-5-3-2-4-6-16/h2-8,11,13-14H,9-10,12,15H2,1H3,(H,24,25). The highest BCUT2D eigenvalue weighted by atomic mass is 16.5. The van der Waals surface area contributed by atoms with Crippen LogP contribution in [0.25, 0.3) is 11.1 Å². The highest BCUT2D eigenvalue weighted by Crippen LogP contribution is 2.31. The fourth-order valence-electron chi connectivity index (χ4n) is 2.76. The van der Waals surface area contributed by atoms with Gasteiger partial charge in [-0.2, -0.15) is 5.10 Å². The predicted octanol–water partition coefficient (Wildman–Crippen LogP) is 3.40. The summed E-state index contributed by atoms with van der Waals surface area (Å²) in [5.74, 6) is -0.172. The molecule has 0 aliphatic heterocycles. The van der Waals surface area contributed by atoms with E-state index in [4.69, 9.17) is 14.6 Å². The highest BCUT2D eigenvalue weighted by molar-refractivity contribution is 5.74. The molecule has 3 aromatic rings. The Labute approximate surface area is 158 Å². The van der Waals surface area contributed by atoms with Gasteiger partial charge in [-0.1, -0.05) is 36.4 Å². The Morgan fingerprint density at radius 1 is 1.15 bits per heavy atom. The Morgan fingerprint density at radius 3 is 2.70 bits per heavy atom. The minimum absolute atomic E-state index is 0.0379. The molecule has 0 unspecified atom stereocenters. The van der Waals surface area contributed by atoms with Gasteiger partial charge in [0.2, 0.25) is 0 Å². The van der Waals surface area contributed by atoms with E-state index in [1.54, 1.807) is 24.1 Å². The number of carboxylic acid groups (broad SMARTS) is 1. The van der Waals surface area contributed by atoms with Gasteiger partial charge in [0.1, 0.15) is 12.4 Å². The molecule has 3 rings (SSSR count). The van der Waals surface area contributed by atoms with Crippen LogP contribution in [0, 0.1) is 0 Å². The molecule has 0 fully saturated rings. The molecule has 140 valence electrons. The zero-order valence-electron chi connectivity index (χ0n) is 15.2. The van der Waals surface area contributed by atoms with Gasteiger partial charge in [0.15, 0.2) is 0 Å². The topological polar surface area (TPSA) is 73.6 Å². The summed E-state index contributed by atoms with van der Waals surface area (Å²) in [4.78, 5) is 11.1. The number of aromatic nitrogens is 2. The lowest BCUT2D eigenvalue weighted by Crippen LogP contribution is -2.04. The summed E-state index contributed by atoms with van der Waals surface area (Å²) >= 11 is 0. The highest BCUT2D eigenvalue weighted by Gasteiger charge is 2.12. The molecule has 0 saturated carbocycles. The van der Waals surface area contributed by atoms with Crippen LogP contribution in [0.1, 0.15) is 11.1 Å². The van der Waals surface area contributed by atoms with Crippen LogP contribution in [0.2, 0.25) is 0 Å². The van der Waals surface area contributed by atoms with E-state index < -0.39 is 5.97 Å². The van der Waals surface area contributed by atoms with Crippen molar-refractivity contribution in [3.63, 3.8) is 0 Å². The molecule has 0 amide bonds. The Bertz CT molecular complexity index is 890. The molecule has 6 heteroatoms. The van der Waals surface area contributed by atoms with Crippen molar-refractivity contribution in [2.24, 2.45) is 0 Å². The molecule has 0 aliphatic carbocycles. The number of nitrogens with zero attached hydrogens (tertiary/aromatic N) is 2. The van der Waals surface area contributed by atoms with Crippen molar-refractivity contribution in [3.8, 4) is 16.9 Å². The van der Waals surface area contributed by atoms with Crippen molar-refractivity contribution < 1.29 is 19.4 Å². The fourth-order valence-corrected chi connectivity index (χ4v) is 2.76. The third-order valence-corrected chi connectivity index (χ3v) is 4.11. The van der Waals surface area contributed by atoms with Crippen LogP contribution in [0.4, 0.5) is 0 Å². The zero-order chi connectivity index (χ0) is 19.1. The van der Waals surface area contributed by atoms with Gasteiger partial charge in [0.05, 0.1) is 25.8 Å². The van der Waals surface area contributed by atoms with Gasteiger partial charge in [-0.3, -0.25) is 9.48 Å². The van der Waals surface area contributed by atoms with Crippen molar-refractivity contribution in [2.45, 2.75) is 19.6 Å². The number of rotatable bonds is 9. The van der Waals surface area contributed by atoms with Crippen LogP contribution in [0.3, 0.4) is 0 Å². The minimum atomic E-state index is -0.866. The SMILES string of the molecule is COCCn1cc(-c2cc(CC(=O)O)ccc2OCc2ccccc2)cn1. The van der Waals surface area contributed by atoms with Gasteiger partial charge in [-0.25, -0.2) is 0 Å². The van der Waals surface area contributed by atoms with Crippen molar-refractivity contribution in [1.82, 2.24) is 9.78 Å². The number of ether oxygens (including phenoxy) is 2.